The molecule has 1 fully saturated rings. The van der Waals surface area contributed by atoms with Gasteiger partial charge >= 0.3 is 0 Å². The van der Waals surface area contributed by atoms with Crippen LogP contribution in [0.3, 0.4) is 0 Å². The predicted molar refractivity (Wildman–Crippen MR) is 55.0 cm³/mol. The van der Waals surface area contributed by atoms with E-state index in [1.807, 2.05) is 0 Å². The molecule has 1 saturated heterocycles. The van der Waals surface area contributed by atoms with Gasteiger partial charge in [0.25, 0.3) is 0 Å². The van der Waals surface area contributed by atoms with Gasteiger partial charge in [0.2, 0.25) is 0 Å². The summed E-state index contributed by atoms with van der Waals surface area (Å²) in [6.07, 6.45) is 2.16. The molecule has 2 aliphatic rings. The van der Waals surface area contributed by atoms with Crippen LogP contribution in [0.2, 0.25) is 0 Å². The van der Waals surface area contributed by atoms with Gasteiger partial charge in [-0.1, -0.05) is 18.2 Å². The third-order valence-corrected chi connectivity index (χ3v) is 3.17. The van der Waals surface area contributed by atoms with Gasteiger partial charge in [0.05, 0.1) is 24.4 Å². The standard InChI is InChI=1S/C11H14N2O/c14-7-9-6-10-5-8-3-1-2-4-11(8)13(10)12-9/h1-4,9-10,12,14H,5-7H2/t9-,10+/m1/s1. The van der Waals surface area contributed by atoms with E-state index < -0.39 is 0 Å². The molecule has 2 atom stereocenters. The maximum Gasteiger partial charge on any atom is 0.0603 e. The topological polar surface area (TPSA) is 35.5 Å². The first-order valence-electron chi connectivity index (χ1n) is 5.12. The van der Waals surface area contributed by atoms with E-state index in [2.05, 4.69) is 34.7 Å². The van der Waals surface area contributed by atoms with Crippen LogP contribution in [0.4, 0.5) is 5.69 Å². The molecule has 0 aliphatic carbocycles. The van der Waals surface area contributed by atoms with Crippen molar-refractivity contribution in [3.63, 3.8) is 0 Å². The molecule has 3 heteroatoms. The Labute approximate surface area is 83.3 Å². The van der Waals surface area contributed by atoms with E-state index in [4.69, 9.17) is 5.11 Å². The largest absolute Gasteiger partial charge is 0.395 e. The summed E-state index contributed by atoms with van der Waals surface area (Å²) in [6, 6.07) is 9.27. The number of hydrogen-bond donors (Lipinski definition) is 2. The van der Waals surface area contributed by atoms with Gasteiger partial charge in [-0.2, -0.15) is 0 Å². The van der Waals surface area contributed by atoms with Crippen LogP contribution in [0.1, 0.15) is 12.0 Å². The van der Waals surface area contributed by atoms with Gasteiger partial charge in [0.1, 0.15) is 0 Å². The number of aliphatic hydroxyl groups excluding tert-OH is 1. The van der Waals surface area contributed by atoms with Crippen molar-refractivity contribution in [2.75, 3.05) is 11.6 Å². The molecule has 1 aromatic rings. The summed E-state index contributed by atoms with van der Waals surface area (Å²) < 4.78 is 0. The van der Waals surface area contributed by atoms with E-state index in [1.165, 1.54) is 11.3 Å². The van der Waals surface area contributed by atoms with E-state index in [9.17, 15) is 0 Å². The number of hydrogen-bond acceptors (Lipinski definition) is 3. The van der Waals surface area contributed by atoms with E-state index in [-0.39, 0.29) is 12.6 Å². The lowest BCUT2D eigenvalue weighted by atomic mass is 10.1. The minimum atomic E-state index is 0.231. The fraction of sp³-hybridized carbons (Fsp3) is 0.455. The lowest BCUT2D eigenvalue weighted by Crippen LogP contribution is -2.38. The maximum atomic E-state index is 9.08. The van der Waals surface area contributed by atoms with Gasteiger partial charge in [0, 0.05) is 0 Å². The highest BCUT2D eigenvalue weighted by molar-refractivity contribution is 5.59. The Bertz CT molecular complexity index is 353. The van der Waals surface area contributed by atoms with Gasteiger partial charge in [-0.3, -0.25) is 0 Å². The van der Waals surface area contributed by atoms with E-state index in [0.29, 0.717) is 6.04 Å². The average molecular weight is 190 g/mol. The Hall–Kier alpha value is -1.06. The molecule has 0 spiro atoms. The van der Waals surface area contributed by atoms with Gasteiger partial charge in [-0.15, -0.1) is 0 Å². The molecule has 0 aromatic heterocycles. The number of nitrogens with zero attached hydrogens (tertiary/aromatic N) is 1. The molecular formula is C11H14N2O. The Morgan fingerprint density at radius 3 is 3.14 bits per heavy atom. The maximum absolute atomic E-state index is 9.08. The predicted octanol–water partition coefficient (Wildman–Crippen LogP) is 0.687. The molecular weight excluding hydrogens is 176 g/mol. The molecule has 3 rings (SSSR count). The number of hydrazine groups is 1. The smallest absolute Gasteiger partial charge is 0.0603 e. The molecule has 0 radical (unpaired) electrons. The zero-order valence-corrected chi connectivity index (χ0v) is 7.98. The van der Waals surface area contributed by atoms with Crippen molar-refractivity contribution in [1.82, 2.24) is 5.43 Å². The summed E-state index contributed by atoms with van der Waals surface area (Å²) in [5.74, 6) is 0. The average Bonchev–Trinajstić information content (AvgIpc) is 2.73. The van der Waals surface area contributed by atoms with Crippen molar-refractivity contribution in [3.8, 4) is 0 Å². The van der Waals surface area contributed by atoms with Crippen molar-refractivity contribution in [3.05, 3.63) is 29.8 Å². The first-order chi connectivity index (χ1) is 6.88. The van der Waals surface area contributed by atoms with E-state index in [1.54, 1.807) is 0 Å². The monoisotopic (exact) mass is 190 g/mol. The molecule has 0 saturated carbocycles. The molecule has 0 amide bonds. The third-order valence-electron chi connectivity index (χ3n) is 3.17. The van der Waals surface area contributed by atoms with Crippen LogP contribution >= 0.6 is 0 Å². The van der Waals surface area contributed by atoms with Crippen molar-refractivity contribution < 1.29 is 5.11 Å². The zero-order chi connectivity index (χ0) is 9.54. The van der Waals surface area contributed by atoms with Gasteiger partial charge in [0.15, 0.2) is 0 Å². The fourth-order valence-electron chi connectivity index (χ4n) is 2.52. The van der Waals surface area contributed by atoms with Crippen LogP contribution in [0.5, 0.6) is 0 Å². The Kier molecular flexibility index (Phi) is 1.75. The van der Waals surface area contributed by atoms with Gasteiger partial charge < -0.3 is 10.1 Å². The van der Waals surface area contributed by atoms with Crippen molar-refractivity contribution >= 4 is 5.69 Å². The van der Waals surface area contributed by atoms with Crippen LogP contribution in [0, 0.1) is 0 Å². The lowest BCUT2D eigenvalue weighted by Gasteiger charge is -2.19. The Balaban J connectivity index is 1.92. The SMILES string of the molecule is OC[C@H]1C[C@@H]2Cc3ccccc3N2N1. The first kappa shape index (κ1) is 8.26. The second-order valence-electron chi connectivity index (χ2n) is 4.10. The third kappa shape index (κ3) is 1.06. The Morgan fingerprint density at radius 2 is 2.29 bits per heavy atom. The van der Waals surface area contributed by atoms with Crippen molar-refractivity contribution in [1.29, 1.82) is 0 Å². The van der Waals surface area contributed by atoms with Crippen LogP contribution < -0.4 is 10.4 Å². The number of fused-ring (bicyclic) bond motifs is 3. The molecule has 2 N–H and O–H groups in total. The number of aliphatic hydroxyl groups is 1. The molecule has 1 aromatic carbocycles. The van der Waals surface area contributed by atoms with E-state index >= 15 is 0 Å². The summed E-state index contributed by atoms with van der Waals surface area (Å²) in [5.41, 5.74) is 6.05. The molecule has 0 bridgehead atoms. The quantitative estimate of drug-likeness (QED) is 0.684. The summed E-state index contributed by atoms with van der Waals surface area (Å²) >= 11 is 0. The van der Waals surface area contributed by atoms with Crippen molar-refractivity contribution in [2.45, 2.75) is 24.9 Å². The van der Waals surface area contributed by atoms with Crippen LogP contribution in [0.25, 0.3) is 0 Å². The second kappa shape index (κ2) is 2.97. The summed E-state index contributed by atoms with van der Waals surface area (Å²) in [5, 5.41) is 11.3. The molecule has 2 aliphatic heterocycles. The highest BCUT2D eigenvalue weighted by atomic mass is 16.3. The number of para-hydroxylation sites is 1. The Morgan fingerprint density at radius 1 is 1.43 bits per heavy atom. The van der Waals surface area contributed by atoms with E-state index in [0.717, 1.165) is 12.8 Å². The summed E-state index contributed by atoms with van der Waals surface area (Å²) in [4.78, 5) is 0. The molecule has 0 unspecified atom stereocenters. The number of benzene rings is 1. The first-order valence-corrected chi connectivity index (χ1v) is 5.12. The van der Waals surface area contributed by atoms with Gasteiger partial charge in [-0.05, 0) is 24.5 Å². The normalized spacial score (nSPS) is 29.1. The second-order valence-corrected chi connectivity index (χ2v) is 4.10. The zero-order valence-electron chi connectivity index (χ0n) is 7.98. The molecule has 14 heavy (non-hydrogen) atoms. The summed E-state index contributed by atoms with van der Waals surface area (Å²) in [6.45, 7) is 0.231. The number of rotatable bonds is 1. The van der Waals surface area contributed by atoms with Gasteiger partial charge in [-0.25, -0.2) is 5.43 Å². The number of anilines is 1. The summed E-state index contributed by atoms with van der Waals surface area (Å²) in [7, 11) is 0. The highest BCUT2D eigenvalue weighted by Crippen LogP contribution is 2.35. The fourth-order valence-corrected chi connectivity index (χ4v) is 2.52. The van der Waals surface area contributed by atoms with Crippen LogP contribution in [-0.2, 0) is 6.42 Å². The minimum Gasteiger partial charge on any atom is -0.395 e. The van der Waals surface area contributed by atoms with Crippen molar-refractivity contribution in [2.24, 2.45) is 0 Å². The lowest BCUT2D eigenvalue weighted by molar-refractivity contribution is 0.253. The number of nitrogens with one attached hydrogen (secondary N) is 1. The molecule has 2 heterocycles. The molecule has 3 nitrogen and oxygen atoms in total. The van der Waals surface area contributed by atoms with Crippen LogP contribution in [0.15, 0.2) is 24.3 Å². The minimum absolute atomic E-state index is 0.231. The highest BCUT2D eigenvalue weighted by Gasteiger charge is 2.37. The molecule has 74 valence electrons. The van der Waals surface area contributed by atoms with Crippen LogP contribution in [-0.4, -0.2) is 23.8 Å².